The molecule has 0 radical (unpaired) electrons. The van der Waals surface area contributed by atoms with Crippen LogP contribution in [0.2, 0.25) is 16.6 Å². The van der Waals surface area contributed by atoms with E-state index >= 15 is 0 Å². The van der Waals surface area contributed by atoms with E-state index in [1.54, 1.807) is 13.0 Å². The third-order valence-electron chi connectivity index (χ3n) is 7.39. The predicted octanol–water partition coefficient (Wildman–Crippen LogP) is 6.40. The zero-order valence-electron chi connectivity index (χ0n) is 21.3. The van der Waals surface area contributed by atoms with E-state index in [2.05, 4.69) is 47.5 Å². The van der Waals surface area contributed by atoms with E-state index in [1.807, 2.05) is 0 Å². The van der Waals surface area contributed by atoms with Gasteiger partial charge in [0.25, 0.3) is 0 Å². The van der Waals surface area contributed by atoms with E-state index in [0.29, 0.717) is 16.6 Å². The molecule has 2 rings (SSSR count). The van der Waals surface area contributed by atoms with Crippen molar-refractivity contribution >= 4 is 14.3 Å². The van der Waals surface area contributed by atoms with Crippen molar-refractivity contribution in [2.45, 2.75) is 101 Å². The van der Waals surface area contributed by atoms with Gasteiger partial charge in [-0.2, -0.15) is 13.2 Å². The number of carbonyl (C=O) groups is 1. The van der Waals surface area contributed by atoms with Gasteiger partial charge in [0.15, 0.2) is 19.8 Å². The molecule has 8 heteroatoms. The maximum atomic E-state index is 14.1. The second-order valence-electron chi connectivity index (χ2n) is 10.4. The van der Waals surface area contributed by atoms with Crippen molar-refractivity contribution in [3.63, 3.8) is 0 Å². The molecule has 1 unspecified atom stereocenters. The fourth-order valence-electron chi connectivity index (χ4n) is 5.13. The monoisotopic (exact) mass is 498 g/mol. The van der Waals surface area contributed by atoms with Gasteiger partial charge in [-0.25, -0.2) is 0 Å². The molecule has 1 aliphatic heterocycles. The maximum absolute atomic E-state index is 14.1. The lowest BCUT2D eigenvalue weighted by Gasteiger charge is -2.42. The van der Waals surface area contributed by atoms with Gasteiger partial charge in [0, 0.05) is 0 Å². The lowest BCUT2D eigenvalue weighted by molar-refractivity contribution is -0.208. The molecule has 1 aromatic carbocycles. The maximum Gasteiger partial charge on any atom is 0.408 e. The minimum atomic E-state index is -4.88. The minimum absolute atomic E-state index is 0.216. The normalized spacial score (nSPS) is 23.5. The molecule has 0 N–H and O–H groups in total. The second-order valence-corrected chi connectivity index (χ2v) is 15.8. The summed E-state index contributed by atoms with van der Waals surface area (Å²) in [6.45, 7) is 15.7. The van der Waals surface area contributed by atoms with Crippen LogP contribution in [0.5, 0.6) is 0 Å². The highest BCUT2D eigenvalue weighted by molar-refractivity contribution is 6.77. The quantitative estimate of drug-likeness (QED) is 0.162. The number of esters is 1. The smallest absolute Gasteiger partial charge is 0.408 e. The molecule has 1 aromatic rings. The number of halogens is 3. The Balaban J connectivity index is 2.21. The molecule has 0 bridgehead atoms. The van der Waals surface area contributed by atoms with Crippen LogP contribution >= 0.6 is 0 Å². The summed E-state index contributed by atoms with van der Waals surface area (Å²) in [5, 5.41) is 0. The van der Waals surface area contributed by atoms with Gasteiger partial charge in [0.2, 0.25) is 0 Å². The highest BCUT2D eigenvalue weighted by Crippen LogP contribution is 2.47. The van der Waals surface area contributed by atoms with Gasteiger partial charge in [0.05, 0.1) is 6.61 Å². The van der Waals surface area contributed by atoms with E-state index in [4.69, 9.17) is 20.3 Å². The van der Waals surface area contributed by atoms with Gasteiger partial charge in [-0.1, -0.05) is 77.8 Å². The Bertz CT molecular complexity index is 872. The summed E-state index contributed by atoms with van der Waals surface area (Å²) in [4.78, 5) is 12.9. The molecule has 1 aliphatic rings. The van der Waals surface area contributed by atoms with Gasteiger partial charge >= 0.3 is 12.1 Å². The number of hydrogen-bond acceptors (Lipinski definition) is 4. The van der Waals surface area contributed by atoms with Crippen LogP contribution in [0.15, 0.2) is 30.3 Å². The SMILES string of the molecule is C#C[C@@H](OC(=O)[C@](C)(c1ccccc1)C(F)(F)F)C1(C)O[C@H]1CO[Si](C(C)C)(C(C)C)C(C)C. The average molecular weight is 499 g/mol. The first-order valence-electron chi connectivity index (χ1n) is 11.7. The van der Waals surface area contributed by atoms with E-state index in [1.165, 1.54) is 24.3 Å². The first kappa shape index (κ1) is 28.4. The summed E-state index contributed by atoms with van der Waals surface area (Å²) in [5.74, 6) is 0.869. The summed E-state index contributed by atoms with van der Waals surface area (Å²) >= 11 is 0. The highest BCUT2D eigenvalue weighted by atomic mass is 28.4. The first-order chi connectivity index (χ1) is 15.6. The average Bonchev–Trinajstić information content (AvgIpc) is 3.41. The van der Waals surface area contributed by atoms with Gasteiger partial charge in [-0.05, 0) is 36.0 Å². The molecule has 1 fully saturated rings. The molecule has 190 valence electrons. The van der Waals surface area contributed by atoms with Crippen molar-refractivity contribution in [2.24, 2.45) is 0 Å². The first-order valence-corrected chi connectivity index (χ1v) is 13.8. The molecule has 1 heterocycles. The molecule has 4 atom stereocenters. The summed E-state index contributed by atoms with van der Waals surface area (Å²) in [5.41, 5.74) is -3.12. The van der Waals surface area contributed by atoms with Crippen LogP contribution in [0.1, 0.15) is 61.0 Å². The largest absolute Gasteiger partial charge is 0.445 e. The number of terminal acetylenes is 1. The molecule has 34 heavy (non-hydrogen) atoms. The van der Waals surface area contributed by atoms with E-state index < -0.39 is 43.7 Å². The summed E-state index contributed by atoms with van der Waals surface area (Å²) in [6.07, 6.45) is -1.03. The van der Waals surface area contributed by atoms with Gasteiger partial charge in [-0.3, -0.25) is 4.79 Å². The van der Waals surface area contributed by atoms with Crippen molar-refractivity contribution in [3.8, 4) is 12.3 Å². The molecule has 0 spiro atoms. The van der Waals surface area contributed by atoms with Crippen molar-refractivity contribution in [1.29, 1.82) is 0 Å². The highest BCUT2D eigenvalue weighted by Gasteiger charge is 2.64. The van der Waals surface area contributed by atoms with Gasteiger partial charge in [0.1, 0.15) is 11.7 Å². The van der Waals surface area contributed by atoms with Crippen LogP contribution in [-0.2, 0) is 24.1 Å². The van der Waals surface area contributed by atoms with Crippen molar-refractivity contribution in [3.05, 3.63) is 35.9 Å². The van der Waals surface area contributed by atoms with Crippen molar-refractivity contribution in [2.75, 3.05) is 6.61 Å². The summed E-state index contributed by atoms with van der Waals surface area (Å²) < 4.78 is 59.8. The van der Waals surface area contributed by atoms with E-state index in [9.17, 15) is 18.0 Å². The molecule has 0 aromatic heterocycles. The molecule has 0 saturated carbocycles. The second kappa shape index (κ2) is 10.0. The number of ether oxygens (including phenoxy) is 2. The number of benzene rings is 1. The Kier molecular flexibility index (Phi) is 8.39. The Labute approximate surface area is 202 Å². The number of alkyl halides is 3. The lowest BCUT2D eigenvalue weighted by Crippen LogP contribution is -2.50. The van der Waals surface area contributed by atoms with Crippen LogP contribution in [0, 0.1) is 12.3 Å². The molecular weight excluding hydrogens is 461 g/mol. The van der Waals surface area contributed by atoms with Crippen LogP contribution in [0.4, 0.5) is 13.2 Å². The van der Waals surface area contributed by atoms with Crippen LogP contribution in [-0.4, -0.2) is 44.9 Å². The fraction of sp³-hybridized carbons (Fsp3) is 0.654. The molecule has 4 nitrogen and oxygen atoms in total. The number of rotatable bonds is 10. The Morgan fingerprint density at radius 3 is 2.03 bits per heavy atom. The number of hydrogen-bond donors (Lipinski definition) is 0. The number of epoxide rings is 1. The molecular formula is C26H37F3O4Si. The van der Waals surface area contributed by atoms with Crippen molar-refractivity contribution in [1.82, 2.24) is 0 Å². The molecule has 1 saturated heterocycles. The summed E-state index contributed by atoms with van der Waals surface area (Å²) in [6, 6.07) is 6.96. The Hall–Kier alpha value is -1.82. The molecule has 0 amide bonds. The van der Waals surface area contributed by atoms with Crippen LogP contribution < -0.4 is 0 Å². The van der Waals surface area contributed by atoms with Gasteiger partial charge in [-0.15, -0.1) is 6.42 Å². The zero-order valence-corrected chi connectivity index (χ0v) is 22.3. The fourth-order valence-corrected chi connectivity index (χ4v) is 10.6. The predicted molar refractivity (Wildman–Crippen MR) is 129 cm³/mol. The van der Waals surface area contributed by atoms with Crippen LogP contribution in [0.25, 0.3) is 0 Å². The van der Waals surface area contributed by atoms with E-state index in [-0.39, 0.29) is 12.2 Å². The third kappa shape index (κ3) is 4.93. The standard InChI is InChI=1S/C26H37F3O4Si/c1-10-21(32-23(30)24(8,26(27,28)29)20-14-12-11-13-15-20)25(9)22(33-25)16-31-34(17(2)3,18(4)5)19(6)7/h1,11-15,17-19,21-22H,16H2,2-9H3/t21-,22+,24+,25?/m1/s1. The Morgan fingerprint density at radius 1 is 1.12 bits per heavy atom. The Morgan fingerprint density at radius 2 is 1.62 bits per heavy atom. The molecule has 0 aliphatic carbocycles. The van der Waals surface area contributed by atoms with Crippen molar-refractivity contribution < 1.29 is 31.9 Å². The van der Waals surface area contributed by atoms with Crippen LogP contribution in [0.3, 0.4) is 0 Å². The third-order valence-corrected chi connectivity index (χ3v) is 13.5. The van der Waals surface area contributed by atoms with E-state index in [0.717, 1.165) is 6.92 Å². The topological polar surface area (TPSA) is 48.1 Å². The zero-order chi connectivity index (χ0) is 26.1. The number of carbonyl (C=O) groups excluding carboxylic acids is 1. The lowest BCUT2D eigenvalue weighted by atomic mass is 9.81. The summed E-state index contributed by atoms with van der Waals surface area (Å²) in [7, 11) is -2.18. The van der Waals surface area contributed by atoms with Gasteiger partial charge < -0.3 is 13.9 Å². The minimum Gasteiger partial charge on any atom is -0.445 e.